The molecule has 0 radical (unpaired) electrons. The van der Waals surface area contributed by atoms with E-state index in [4.69, 9.17) is 16.3 Å². The second kappa shape index (κ2) is 8.87. The van der Waals surface area contributed by atoms with Crippen LogP contribution in [0.5, 0.6) is 0 Å². The molecule has 0 spiro atoms. The Hall–Kier alpha value is -3.98. The number of rotatable bonds is 6. The number of anilines is 1. The van der Waals surface area contributed by atoms with Crippen LogP contribution >= 0.6 is 11.6 Å². The molecule has 0 unspecified atom stereocenters. The van der Waals surface area contributed by atoms with Gasteiger partial charge in [-0.1, -0.05) is 41.9 Å². The Bertz CT molecular complexity index is 1290. The van der Waals surface area contributed by atoms with Crippen LogP contribution in [0.3, 0.4) is 0 Å². The number of fused-ring (bicyclic) bond motifs is 1. The lowest BCUT2D eigenvalue weighted by Crippen LogP contribution is -2.24. The first-order valence-corrected chi connectivity index (χ1v) is 10.3. The number of benzene rings is 2. The van der Waals surface area contributed by atoms with Crippen LogP contribution in [-0.4, -0.2) is 52.0 Å². The lowest BCUT2D eigenvalue weighted by molar-refractivity contribution is -0.119. The van der Waals surface area contributed by atoms with Gasteiger partial charge in [-0.25, -0.2) is 9.48 Å². The van der Waals surface area contributed by atoms with Gasteiger partial charge in [0.15, 0.2) is 6.61 Å². The molecule has 9 nitrogen and oxygen atoms in total. The van der Waals surface area contributed by atoms with Crippen molar-refractivity contribution in [1.82, 2.24) is 14.7 Å². The van der Waals surface area contributed by atoms with Gasteiger partial charge in [-0.05, 0) is 30.7 Å². The normalized spacial score (nSPS) is 12.6. The van der Waals surface area contributed by atoms with Crippen LogP contribution in [0.15, 0.2) is 48.5 Å². The van der Waals surface area contributed by atoms with Crippen molar-refractivity contribution in [3.63, 3.8) is 0 Å². The van der Waals surface area contributed by atoms with Crippen molar-refractivity contribution in [2.45, 2.75) is 13.5 Å². The Morgan fingerprint density at radius 3 is 2.48 bits per heavy atom. The molecule has 3 amide bonds. The molecule has 1 aliphatic rings. The van der Waals surface area contributed by atoms with Gasteiger partial charge >= 0.3 is 5.97 Å². The zero-order valence-corrected chi connectivity index (χ0v) is 18.5. The van der Waals surface area contributed by atoms with E-state index in [0.29, 0.717) is 17.9 Å². The van der Waals surface area contributed by atoms with Crippen LogP contribution in [-0.2, 0) is 16.1 Å². The molecule has 2 heterocycles. The molecule has 4 rings (SSSR count). The number of aromatic nitrogens is 2. The fourth-order valence-corrected chi connectivity index (χ4v) is 3.80. The number of hydrogen-bond acceptors (Lipinski definition) is 6. The second-order valence-corrected chi connectivity index (χ2v) is 7.81. The summed E-state index contributed by atoms with van der Waals surface area (Å²) < 4.78 is 6.61. The number of aryl methyl sites for hydroxylation is 1. The molecule has 10 heteroatoms. The Morgan fingerprint density at radius 2 is 1.76 bits per heavy atom. The summed E-state index contributed by atoms with van der Waals surface area (Å²) >= 11 is 6.35. The topological polar surface area (TPSA) is 111 Å². The van der Waals surface area contributed by atoms with Crippen molar-refractivity contribution < 1.29 is 23.9 Å². The highest BCUT2D eigenvalue weighted by molar-refractivity contribution is 6.32. The van der Waals surface area contributed by atoms with E-state index in [9.17, 15) is 19.2 Å². The number of esters is 1. The quantitative estimate of drug-likeness (QED) is 0.441. The fourth-order valence-electron chi connectivity index (χ4n) is 3.49. The fraction of sp³-hybridized carbons (Fsp3) is 0.174. The van der Waals surface area contributed by atoms with E-state index in [1.807, 2.05) is 30.3 Å². The molecule has 33 heavy (non-hydrogen) atoms. The highest BCUT2D eigenvalue weighted by Crippen LogP contribution is 2.25. The molecule has 0 fully saturated rings. The second-order valence-electron chi connectivity index (χ2n) is 7.45. The molecule has 2 aromatic carbocycles. The van der Waals surface area contributed by atoms with Crippen molar-refractivity contribution in [2.75, 3.05) is 19.0 Å². The van der Waals surface area contributed by atoms with Gasteiger partial charge in [0.2, 0.25) is 0 Å². The molecule has 1 N–H and O–H groups in total. The number of nitrogens with one attached hydrogen (secondary N) is 1. The molecule has 0 saturated carbocycles. The third-order valence-corrected chi connectivity index (χ3v) is 5.54. The number of carbonyl (C=O) groups is 4. The van der Waals surface area contributed by atoms with Gasteiger partial charge in [0.1, 0.15) is 10.7 Å². The van der Waals surface area contributed by atoms with Crippen molar-refractivity contribution in [1.29, 1.82) is 0 Å². The number of ether oxygens (including phenoxy) is 1. The van der Waals surface area contributed by atoms with E-state index >= 15 is 0 Å². The predicted octanol–water partition coefficient (Wildman–Crippen LogP) is 2.91. The van der Waals surface area contributed by atoms with E-state index in [-0.39, 0.29) is 21.8 Å². The maximum atomic E-state index is 12.5. The van der Waals surface area contributed by atoms with Crippen molar-refractivity contribution in [2.24, 2.45) is 0 Å². The van der Waals surface area contributed by atoms with E-state index in [0.717, 1.165) is 10.5 Å². The lowest BCUT2D eigenvalue weighted by Gasteiger charge is -2.08. The molecule has 0 saturated heterocycles. The molecule has 0 bridgehead atoms. The molecule has 1 aromatic heterocycles. The maximum Gasteiger partial charge on any atom is 0.343 e. The average Bonchev–Trinajstić information content (AvgIpc) is 3.20. The number of imide groups is 1. The highest BCUT2D eigenvalue weighted by atomic mass is 35.5. The predicted molar refractivity (Wildman–Crippen MR) is 119 cm³/mol. The zero-order chi connectivity index (χ0) is 23.7. The van der Waals surface area contributed by atoms with Crippen molar-refractivity contribution >= 4 is 41.0 Å². The monoisotopic (exact) mass is 466 g/mol. The Balaban J connectivity index is 1.39. The summed E-state index contributed by atoms with van der Waals surface area (Å²) in [5.74, 6) is -2.24. The average molecular weight is 467 g/mol. The molecular weight excluding hydrogens is 448 g/mol. The molecule has 0 aliphatic carbocycles. The Morgan fingerprint density at radius 1 is 1.06 bits per heavy atom. The summed E-state index contributed by atoms with van der Waals surface area (Å²) in [6, 6.07) is 13.9. The third kappa shape index (κ3) is 4.35. The summed E-state index contributed by atoms with van der Waals surface area (Å²) in [7, 11) is 1.39. The summed E-state index contributed by atoms with van der Waals surface area (Å²) in [6.45, 7) is 1.44. The maximum absolute atomic E-state index is 12.5. The molecular formula is C23H19ClN4O5. The van der Waals surface area contributed by atoms with Gasteiger partial charge in [0.05, 0.1) is 23.4 Å². The summed E-state index contributed by atoms with van der Waals surface area (Å²) in [4.78, 5) is 49.9. The summed E-state index contributed by atoms with van der Waals surface area (Å²) in [6.07, 6.45) is 0. The Kier molecular flexibility index (Phi) is 5.97. The standard InChI is InChI=1S/C23H19ClN4O5/c1-13-19(20(24)28(26-13)11-14-6-4-3-5-7-14)23(32)33-12-18(29)25-15-8-9-16-17(10-15)22(31)27(2)21(16)30/h3-10H,11-12H2,1-2H3,(H,25,29). The number of nitrogens with zero attached hydrogens (tertiary/aromatic N) is 3. The summed E-state index contributed by atoms with van der Waals surface area (Å²) in [5, 5.41) is 6.96. The van der Waals surface area contributed by atoms with Crippen LogP contribution in [0, 0.1) is 6.92 Å². The first-order valence-electron chi connectivity index (χ1n) is 9.96. The van der Waals surface area contributed by atoms with Gasteiger partial charge in [0.25, 0.3) is 17.7 Å². The van der Waals surface area contributed by atoms with E-state index in [1.165, 1.54) is 29.9 Å². The van der Waals surface area contributed by atoms with Crippen LogP contribution in [0.2, 0.25) is 5.15 Å². The van der Waals surface area contributed by atoms with Gasteiger partial charge in [-0.3, -0.25) is 19.3 Å². The minimum atomic E-state index is -0.775. The first kappa shape index (κ1) is 22.2. The Labute approximate surface area is 193 Å². The van der Waals surface area contributed by atoms with Gasteiger partial charge in [-0.2, -0.15) is 5.10 Å². The van der Waals surface area contributed by atoms with E-state index in [1.54, 1.807) is 6.92 Å². The first-order chi connectivity index (χ1) is 15.8. The van der Waals surface area contributed by atoms with Crippen molar-refractivity contribution in [3.8, 4) is 0 Å². The van der Waals surface area contributed by atoms with Crippen LogP contribution < -0.4 is 5.32 Å². The van der Waals surface area contributed by atoms with Crippen LogP contribution in [0.4, 0.5) is 5.69 Å². The highest BCUT2D eigenvalue weighted by Gasteiger charge is 2.32. The molecule has 3 aromatic rings. The smallest absolute Gasteiger partial charge is 0.343 e. The van der Waals surface area contributed by atoms with E-state index in [2.05, 4.69) is 10.4 Å². The lowest BCUT2D eigenvalue weighted by atomic mass is 10.1. The number of hydrogen-bond donors (Lipinski definition) is 1. The zero-order valence-electron chi connectivity index (χ0n) is 17.8. The van der Waals surface area contributed by atoms with Gasteiger partial charge in [0, 0.05) is 12.7 Å². The SMILES string of the molecule is Cc1nn(Cc2ccccc2)c(Cl)c1C(=O)OCC(=O)Nc1ccc2c(c1)C(=O)N(C)C2=O. The van der Waals surface area contributed by atoms with Gasteiger partial charge < -0.3 is 10.1 Å². The van der Waals surface area contributed by atoms with Crippen LogP contribution in [0.1, 0.15) is 42.3 Å². The molecule has 168 valence electrons. The van der Waals surface area contributed by atoms with E-state index < -0.39 is 30.3 Å². The van der Waals surface area contributed by atoms with Crippen molar-refractivity contribution in [3.05, 3.63) is 81.6 Å². The molecule has 0 atom stereocenters. The van der Waals surface area contributed by atoms with Gasteiger partial charge in [-0.15, -0.1) is 0 Å². The largest absolute Gasteiger partial charge is 0.452 e. The number of halogens is 1. The third-order valence-electron chi connectivity index (χ3n) is 5.15. The number of carbonyl (C=O) groups excluding carboxylic acids is 4. The minimum Gasteiger partial charge on any atom is -0.452 e. The van der Waals surface area contributed by atoms with Crippen LogP contribution in [0.25, 0.3) is 0 Å². The number of amides is 3. The summed E-state index contributed by atoms with van der Waals surface area (Å²) in [5.41, 5.74) is 2.20. The minimum absolute atomic E-state index is 0.0880. The molecule has 1 aliphatic heterocycles.